The second kappa shape index (κ2) is 7.58. The molecular formula is C16H31NOS. The Labute approximate surface area is 122 Å². The maximum Gasteiger partial charge on any atom is 0.101 e. The van der Waals surface area contributed by atoms with E-state index in [-0.39, 0.29) is 4.75 Å². The van der Waals surface area contributed by atoms with Gasteiger partial charge in [-0.3, -0.25) is 0 Å². The molecule has 0 aromatic heterocycles. The normalized spacial score (nSPS) is 28.1. The molecule has 0 aromatic rings. The van der Waals surface area contributed by atoms with Crippen molar-refractivity contribution in [2.75, 3.05) is 0 Å². The second-order valence-electron chi connectivity index (χ2n) is 6.57. The summed E-state index contributed by atoms with van der Waals surface area (Å²) < 4.78 is 14.4. The Kier molecular flexibility index (Phi) is 6.75. The minimum Gasteiger partial charge on any atom is -0.242 e. The molecule has 1 rings (SSSR count). The average Bonchev–Trinajstić information content (AvgIpc) is 3.04. The fourth-order valence-corrected chi connectivity index (χ4v) is 4.02. The fourth-order valence-electron chi connectivity index (χ4n) is 2.52. The maximum atomic E-state index is 12.4. The molecule has 0 aliphatic carbocycles. The van der Waals surface area contributed by atoms with Gasteiger partial charge in [0, 0.05) is 6.04 Å². The molecule has 1 fully saturated rings. The van der Waals surface area contributed by atoms with Gasteiger partial charge in [0.1, 0.15) is 11.0 Å². The second-order valence-corrected chi connectivity index (χ2v) is 8.72. The first kappa shape index (κ1) is 16.9. The summed E-state index contributed by atoms with van der Waals surface area (Å²) in [6.07, 6.45) is 11.1. The quantitative estimate of drug-likeness (QED) is 0.348. The first-order valence-electron chi connectivity index (χ1n) is 7.76. The zero-order chi connectivity index (χ0) is 14.5. The van der Waals surface area contributed by atoms with Crippen LogP contribution < -0.4 is 0 Å². The minimum atomic E-state index is -0.886. The van der Waals surface area contributed by atoms with Crippen LogP contribution in [0.2, 0.25) is 0 Å². The maximum absolute atomic E-state index is 12.4. The van der Waals surface area contributed by atoms with E-state index in [1.54, 1.807) is 0 Å². The van der Waals surface area contributed by atoms with E-state index in [4.69, 9.17) is 0 Å². The van der Waals surface area contributed by atoms with Crippen LogP contribution in [0, 0.1) is 0 Å². The molecule has 1 saturated heterocycles. The molecular weight excluding hydrogens is 254 g/mol. The molecule has 0 radical (unpaired) electrons. The number of hydrogen-bond acceptors (Lipinski definition) is 1. The third kappa shape index (κ3) is 5.03. The highest BCUT2D eigenvalue weighted by Gasteiger charge is 2.51. The van der Waals surface area contributed by atoms with E-state index in [0.29, 0.717) is 12.1 Å². The van der Waals surface area contributed by atoms with Gasteiger partial charge in [-0.2, -0.15) is 0 Å². The molecule has 19 heavy (non-hydrogen) atoms. The first-order chi connectivity index (χ1) is 8.93. The molecule has 0 amide bonds. The van der Waals surface area contributed by atoms with Gasteiger partial charge in [-0.1, -0.05) is 51.5 Å². The highest BCUT2D eigenvalue weighted by atomic mass is 32.2. The van der Waals surface area contributed by atoms with Gasteiger partial charge < -0.3 is 0 Å². The van der Waals surface area contributed by atoms with Gasteiger partial charge in [0.05, 0.1) is 10.8 Å². The lowest BCUT2D eigenvalue weighted by molar-refractivity contribution is 0.558. The summed E-state index contributed by atoms with van der Waals surface area (Å²) in [5.41, 5.74) is 0. The summed E-state index contributed by atoms with van der Waals surface area (Å²) in [7, 11) is -0.886. The van der Waals surface area contributed by atoms with Gasteiger partial charge in [-0.15, -0.1) is 6.58 Å². The van der Waals surface area contributed by atoms with Crippen LogP contribution in [0.15, 0.2) is 12.7 Å². The van der Waals surface area contributed by atoms with E-state index >= 15 is 0 Å². The molecule has 0 saturated carbocycles. The van der Waals surface area contributed by atoms with Gasteiger partial charge in [0.2, 0.25) is 0 Å². The third-order valence-electron chi connectivity index (χ3n) is 3.74. The molecule has 1 aliphatic rings. The number of nitrogens with zero attached hydrogens (tertiary/aromatic N) is 1. The smallest absolute Gasteiger partial charge is 0.101 e. The van der Waals surface area contributed by atoms with Crippen LogP contribution in [0.3, 0.4) is 0 Å². The molecule has 0 bridgehead atoms. The van der Waals surface area contributed by atoms with Crippen LogP contribution in [-0.4, -0.2) is 25.3 Å². The summed E-state index contributed by atoms with van der Waals surface area (Å²) >= 11 is 0. The van der Waals surface area contributed by atoms with Crippen molar-refractivity contribution in [1.29, 1.82) is 0 Å². The first-order valence-corrected chi connectivity index (χ1v) is 8.87. The molecule has 0 N–H and O–H groups in total. The summed E-state index contributed by atoms with van der Waals surface area (Å²) in [5, 5.41) is 0. The highest BCUT2D eigenvalue weighted by Crippen LogP contribution is 2.38. The zero-order valence-corrected chi connectivity index (χ0v) is 14.0. The molecule has 1 heterocycles. The molecule has 4 atom stereocenters. The van der Waals surface area contributed by atoms with Crippen LogP contribution in [-0.2, 0) is 11.0 Å². The standard InChI is InChI=1S/C16H31NOS/c1-6-8-9-10-11-12-13-15-14(7-2)17(15)19(18)16(3,4)5/h7,14-15H,2,6,8-13H2,1,3-5H3/t14-,15-,17?,19?/m1/s1. The minimum absolute atomic E-state index is 0.156. The summed E-state index contributed by atoms with van der Waals surface area (Å²) in [6, 6.07) is 0.819. The van der Waals surface area contributed by atoms with Crippen molar-refractivity contribution in [2.24, 2.45) is 0 Å². The van der Waals surface area contributed by atoms with E-state index in [0.717, 1.165) is 0 Å². The average molecular weight is 285 g/mol. The number of unbranched alkanes of at least 4 members (excludes halogenated alkanes) is 5. The van der Waals surface area contributed by atoms with Crippen LogP contribution in [0.25, 0.3) is 0 Å². The highest BCUT2D eigenvalue weighted by molar-refractivity contribution is 7.84. The van der Waals surface area contributed by atoms with E-state index in [1.165, 1.54) is 44.9 Å². The van der Waals surface area contributed by atoms with Crippen molar-refractivity contribution in [2.45, 2.75) is 89.5 Å². The zero-order valence-electron chi connectivity index (χ0n) is 13.2. The fraction of sp³-hybridized carbons (Fsp3) is 0.875. The van der Waals surface area contributed by atoms with Gasteiger partial charge in [-0.25, -0.2) is 8.51 Å². The Morgan fingerprint density at radius 3 is 2.26 bits per heavy atom. The number of rotatable bonds is 9. The molecule has 112 valence electrons. The summed E-state index contributed by atoms with van der Waals surface area (Å²) in [4.78, 5) is 0. The molecule has 2 unspecified atom stereocenters. The van der Waals surface area contributed by atoms with Crippen molar-refractivity contribution < 1.29 is 4.21 Å². The van der Waals surface area contributed by atoms with Gasteiger partial charge >= 0.3 is 0 Å². The monoisotopic (exact) mass is 285 g/mol. The summed E-state index contributed by atoms with van der Waals surface area (Å²) in [6.45, 7) is 12.3. The van der Waals surface area contributed by atoms with Crippen molar-refractivity contribution in [3.8, 4) is 0 Å². The van der Waals surface area contributed by atoms with Crippen molar-refractivity contribution >= 4 is 11.0 Å². The lowest BCUT2D eigenvalue weighted by Gasteiger charge is -2.18. The molecule has 0 aromatic carbocycles. The predicted octanol–water partition coefficient (Wildman–Crippen LogP) is 4.44. The van der Waals surface area contributed by atoms with Crippen molar-refractivity contribution in [3.63, 3.8) is 0 Å². The van der Waals surface area contributed by atoms with Gasteiger partial charge in [0.15, 0.2) is 0 Å². The van der Waals surface area contributed by atoms with E-state index in [9.17, 15) is 4.21 Å². The van der Waals surface area contributed by atoms with Gasteiger partial charge in [0.25, 0.3) is 0 Å². The lowest BCUT2D eigenvalue weighted by Crippen LogP contribution is -2.28. The Bertz CT molecular complexity index is 308. The van der Waals surface area contributed by atoms with Crippen molar-refractivity contribution in [3.05, 3.63) is 12.7 Å². The van der Waals surface area contributed by atoms with Crippen molar-refractivity contribution in [1.82, 2.24) is 4.31 Å². The van der Waals surface area contributed by atoms with Crippen LogP contribution in [0.5, 0.6) is 0 Å². The summed E-state index contributed by atoms with van der Waals surface area (Å²) in [5.74, 6) is 0. The number of hydrogen-bond donors (Lipinski definition) is 0. The van der Waals surface area contributed by atoms with Crippen LogP contribution in [0.4, 0.5) is 0 Å². The van der Waals surface area contributed by atoms with Crippen LogP contribution >= 0.6 is 0 Å². The predicted molar refractivity (Wildman–Crippen MR) is 85.5 cm³/mol. The molecule has 2 nitrogen and oxygen atoms in total. The SMILES string of the molecule is C=C[C@@H]1[C@@H](CCCCCCCC)N1S(=O)C(C)(C)C. The van der Waals surface area contributed by atoms with E-state index < -0.39 is 11.0 Å². The van der Waals surface area contributed by atoms with Gasteiger partial charge in [-0.05, 0) is 27.2 Å². The molecule has 3 heteroatoms. The lowest BCUT2D eigenvalue weighted by atomic mass is 10.1. The molecule has 0 spiro atoms. The van der Waals surface area contributed by atoms with Crippen LogP contribution in [0.1, 0.15) is 72.6 Å². The van der Waals surface area contributed by atoms with E-state index in [1.807, 2.05) is 26.8 Å². The molecule has 1 aliphatic heterocycles. The Morgan fingerprint density at radius 1 is 1.16 bits per heavy atom. The third-order valence-corrected chi connectivity index (χ3v) is 5.68. The largest absolute Gasteiger partial charge is 0.242 e. The van der Waals surface area contributed by atoms with E-state index in [2.05, 4.69) is 17.8 Å². The topological polar surface area (TPSA) is 20.1 Å². The Morgan fingerprint density at radius 2 is 1.74 bits per heavy atom. The Hall–Kier alpha value is -0.150. The Balaban J connectivity index is 2.27.